The fourth-order valence-electron chi connectivity index (χ4n) is 4.51. The Labute approximate surface area is 147 Å². The molecule has 2 aliphatic heterocycles. The van der Waals surface area contributed by atoms with Gasteiger partial charge in [0.05, 0.1) is 11.5 Å². The van der Waals surface area contributed by atoms with E-state index in [1.807, 2.05) is 18.2 Å². The number of ether oxygens (including phenoxy) is 1. The molecule has 4 rings (SSSR count). The van der Waals surface area contributed by atoms with Gasteiger partial charge < -0.3 is 14.5 Å². The SMILES string of the molecule is COC[C@@H]1CN(C)C[C@]12CCN(C(=O)c1cc3ccccc3s1)C2. The van der Waals surface area contributed by atoms with Gasteiger partial charge in [0.25, 0.3) is 5.91 Å². The van der Waals surface area contributed by atoms with Crippen molar-refractivity contribution < 1.29 is 9.53 Å². The first-order valence-electron chi connectivity index (χ1n) is 8.57. The molecule has 2 aromatic rings. The minimum absolute atomic E-state index is 0.193. The fourth-order valence-corrected chi connectivity index (χ4v) is 5.54. The average molecular weight is 344 g/mol. The maximum absolute atomic E-state index is 13.0. The summed E-state index contributed by atoms with van der Waals surface area (Å²) in [6.45, 7) is 4.64. The van der Waals surface area contributed by atoms with Gasteiger partial charge in [-0.3, -0.25) is 4.79 Å². The van der Waals surface area contributed by atoms with Gasteiger partial charge in [0, 0.05) is 49.3 Å². The van der Waals surface area contributed by atoms with Crippen LogP contribution in [0.1, 0.15) is 16.1 Å². The molecular formula is C19H24N2O2S. The Bertz CT molecular complexity index is 726. The number of amides is 1. The van der Waals surface area contributed by atoms with Crippen molar-refractivity contribution in [3.8, 4) is 0 Å². The van der Waals surface area contributed by atoms with Gasteiger partial charge in [-0.15, -0.1) is 11.3 Å². The van der Waals surface area contributed by atoms with E-state index < -0.39 is 0 Å². The highest BCUT2D eigenvalue weighted by molar-refractivity contribution is 7.20. The number of benzene rings is 1. The molecule has 2 aliphatic rings. The molecule has 5 heteroatoms. The summed E-state index contributed by atoms with van der Waals surface area (Å²) in [6, 6.07) is 10.3. The first kappa shape index (κ1) is 16.1. The lowest BCUT2D eigenvalue weighted by atomic mass is 9.78. The number of hydrogen-bond acceptors (Lipinski definition) is 4. The van der Waals surface area contributed by atoms with Gasteiger partial charge in [-0.2, -0.15) is 0 Å². The summed E-state index contributed by atoms with van der Waals surface area (Å²) in [5.74, 6) is 0.714. The van der Waals surface area contributed by atoms with Crippen molar-refractivity contribution in [1.82, 2.24) is 9.80 Å². The van der Waals surface area contributed by atoms with E-state index in [4.69, 9.17) is 4.74 Å². The molecule has 24 heavy (non-hydrogen) atoms. The molecule has 2 fully saturated rings. The van der Waals surface area contributed by atoms with Crippen LogP contribution in [0, 0.1) is 11.3 Å². The minimum Gasteiger partial charge on any atom is -0.384 e. The zero-order chi connectivity index (χ0) is 16.7. The van der Waals surface area contributed by atoms with Crippen LogP contribution in [-0.4, -0.2) is 62.7 Å². The van der Waals surface area contributed by atoms with Crippen molar-refractivity contribution in [2.75, 3.05) is 46.9 Å². The molecule has 0 unspecified atom stereocenters. The van der Waals surface area contributed by atoms with Gasteiger partial charge in [-0.05, 0) is 31.0 Å². The molecule has 128 valence electrons. The van der Waals surface area contributed by atoms with Crippen LogP contribution >= 0.6 is 11.3 Å². The largest absolute Gasteiger partial charge is 0.384 e. The Morgan fingerprint density at radius 1 is 1.38 bits per heavy atom. The number of carbonyl (C=O) groups is 1. The number of likely N-dealkylation sites (tertiary alicyclic amines) is 2. The van der Waals surface area contributed by atoms with Crippen molar-refractivity contribution in [3.63, 3.8) is 0 Å². The lowest BCUT2D eigenvalue weighted by molar-refractivity contribution is 0.0720. The molecule has 0 N–H and O–H groups in total. The summed E-state index contributed by atoms with van der Waals surface area (Å²) in [5, 5.41) is 1.16. The maximum atomic E-state index is 13.0. The van der Waals surface area contributed by atoms with Crippen LogP contribution in [0.25, 0.3) is 10.1 Å². The summed E-state index contributed by atoms with van der Waals surface area (Å²) in [6.07, 6.45) is 1.09. The molecule has 1 spiro atoms. The molecule has 0 aliphatic carbocycles. The molecule has 0 radical (unpaired) electrons. The summed E-state index contributed by atoms with van der Waals surface area (Å²) >= 11 is 1.61. The molecule has 1 aromatic heterocycles. The van der Waals surface area contributed by atoms with Gasteiger partial charge in [0.15, 0.2) is 0 Å². The third-order valence-corrected chi connectivity index (χ3v) is 6.76. The highest BCUT2D eigenvalue weighted by atomic mass is 32.1. The second-order valence-corrected chi connectivity index (χ2v) is 8.42. The van der Waals surface area contributed by atoms with E-state index in [-0.39, 0.29) is 11.3 Å². The van der Waals surface area contributed by atoms with Crippen LogP contribution in [0.4, 0.5) is 0 Å². The van der Waals surface area contributed by atoms with Crippen LogP contribution in [-0.2, 0) is 4.74 Å². The van der Waals surface area contributed by atoms with E-state index in [0.717, 1.165) is 49.5 Å². The second kappa shape index (κ2) is 6.14. The molecule has 2 atom stereocenters. The van der Waals surface area contributed by atoms with Crippen molar-refractivity contribution in [3.05, 3.63) is 35.2 Å². The van der Waals surface area contributed by atoms with E-state index in [1.54, 1.807) is 18.4 Å². The Morgan fingerprint density at radius 2 is 2.21 bits per heavy atom. The van der Waals surface area contributed by atoms with Crippen LogP contribution in [0.5, 0.6) is 0 Å². The van der Waals surface area contributed by atoms with E-state index in [0.29, 0.717) is 5.92 Å². The van der Waals surface area contributed by atoms with Gasteiger partial charge in [0.2, 0.25) is 0 Å². The van der Waals surface area contributed by atoms with Crippen LogP contribution in [0.15, 0.2) is 30.3 Å². The van der Waals surface area contributed by atoms with Gasteiger partial charge >= 0.3 is 0 Å². The van der Waals surface area contributed by atoms with Gasteiger partial charge in [-0.25, -0.2) is 0 Å². The second-order valence-electron chi connectivity index (χ2n) is 7.34. The molecule has 1 amide bonds. The third-order valence-electron chi connectivity index (χ3n) is 5.66. The first-order chi connectivity index (χ1) is 11.6. The highest BCUT2D eigenvalue weighted by Crippen LogP contribution is 2.44. The first-order valence-corrected chi connectivity index (χ1v) is 9.38. The fraction of sp³-hybridized carbons (Fsp3) is 0.526. The lowest BCUT2D eigenvalue weighted by Gasteiger charge is -2.29. The zero-order valence-corrected chi connectivity index (χ0v) is 15.1. The molecule has 2 saturated heterocycles. The highest BCUT2D eigenvalue weighted by Gasteiger charge is 2.50. The van der Waals surface area contributed by atoms with E-state index in [9.17, 15) is 4.79 Å². The normalized spacial score (nSPS) is 27.6. The topological polar surface area (TPSA) is 32.8 Å². The smallest absolute Gasteiger partial charge is 0.263 e. The number of fused-ring (bicyclic) bond motifs is 1. The summed E-state index contributed by atoms with van der Waals surface area (Å²) in [5.41, 5.74) is 0.205. The Hall–Kier alpha value is -1.43. The molecule has 0 saturated carbocycles. The van der Waals surface area contributed by atoms with E-state index in [2.05, 4.69) is 29.0 Å². The molecule has 1 aromatic carbocycles. The predicted octanol–water partition coefficient (Wildman–Crippen LogP) is 2.94. The van der Waals surface area contributed by atoms with Crippen molar-refractivity contribution >= 4 is 27.3 Å². The standard InChI is InChI=1S/C19H24N2O2S/c1-20-10-15(11-23-2)19(12-20)7-8-21(13-19)18(22)17-9-14-5-3-4-6-16(14)24-17/h3-6,9,15H,7-8,10-13H2,1-2H3/t15-,19-/m0/s1. The van der Waals surface area contributed by atoms with Crippen LogP contribution in [0.3, 0.4) is 0 Å². The quantitative estimate of drug-likeness (QED) is 0.858. The predicted molar refractivity (Wildman–Crippen MR) is 97.6 cm³/mol. The zero-order valence-electron chi connectivity index (χ0n) is 14.3. The molecular weight excluding hydrogens is 320 g/mol. The molecule has 4 nitrogen and oxygen atoms in total. The van der Waals surface area contributed by atoms with E-state index in [1.165, 1.54) is 4.70 Å². The van der Waals surface area contributed by atoms with Gasteiger partial charge in [0.1, 0.15) is 0 Å². The van der Waals surface area contributed by atoms with Crippen LogP contribution in [0.2, 0.25) is 0 Å². The lowest BCUT2D eigenvalue weighted by Crippen LogP contribution is -2.37. The van der Waals surface area contributed by atoms with Gasteiger partial charge in [-0.1, -0.05) is 18.2 Å². The van der Waals surface area contributed by atoms with Crippen molar-refractivity contribution in [2.45, 2.75) is 6.42 Å². The third kappa shape index (κ3) is 2.65. The molecule has 3 heterocycles. The number of nitrogens with zero attached hydrogens (tertiary/aromatic N) is 2. The number of methoxy groups -OCH3 is 1. The Morgan fingerprint density at radius 3 is 3.00 bits per heavy atom. The Kier molecular flexibility index (Phi) is 4.11. The molecule has 0 bridgehead atoms. The van der Waals surface area contributed by atoms with Crippen molar-refractivity contribution in [1.29, 1.82) is 0 Å². The minimum atomic E-state index is 0.193. The summed E-state index contributed by atoms with van der Waals surface area (Å²) in [7, 11) is 3.95. The Balaban J connectivity index is 1.54. The maximum Gasteiger partial charge on any atom is 0.263 e. The van der Waals surface area contributed by atoms with Crippen LogP contribution < -0.4 is 0 Å². The average Bonchev–Trinajstić information content (AvgIpc) is 3.25. The van der Waals surface area contributed by atoms with E-state index >= 15 is 0 Å². The summed E-state index contributed by atoms with van der Waals surface area (Å²) < 4.78 is 6.64. The number of rotatable bonds is 3. The summed E-state index contributed by atoms with van der Waals surface area (Å²) in [4.78, 5) is 18.3. The number of carbonyl (C=O) groups excluding carboxylic acids is 1. The number of thiophene rings is 1. The van der Waals surface area contributed by atoms with Crippen molar-refractivity contribution in [2.24, 2.45) is 11.3 Å². The number of hydrogen-bond donors (Lipinski definition) is 0. The monoisotopic (exact) mass is 344 g/mol.